The maximum Gasteiger partial charge on any atom is 0.227 e. The van der Waals surface area contributed by atoms with E-state index in [0.29, 0.717) is 32.4 Å². The number of ether oxygens (including phenoxy) is 1. The minimum absolute atomic E-state index is 0.0145. The zero-order valence-electron chi connectivity index (χ0n) is 17.5. The molecule has 31 heavy (non-hydrogen) atoms. The number of hydrogen-bond acceptors (Lipinski definition) is 4. The van der Waals surface area contributed by atoms with Gasteiger partial charge in [-0.2, -0.15) is 0 Å². The average molecular weight is 435 g/mol. The highest BCUT2D eigenvalue weighted by Gasteiger charge is 2.44. The van der Waals surface area contributed by atoms with Gasteiger partial charge in [-0.15, -0.1) is 11.3 Å². The van der Waals surface area contributed by atoms with Crippen molar-refractivity contribution in [2.75, 3.05) is 20.2 Å². The fraction of sp³-hybridized carbons (Fsp3) is 0.280. The quantitative estimate of drug-likeness (QED) is 0.613. The molecule has 0 saturated carbocycles. The Kier molecular flexibility index (Phi) is 6.09. The van der Waals surface area contributed by atoms with Crippen LogP contribution in [0, 0.1) is 5.41 Å². The summed E-state index contributed by atoms with van der Waals surface area (Å²) < 4.78 is 5.17. The number of rotatable bonds is 7. The molecule has 1 saturated heterocycles. The van der Waals surface area contributed by atoms with Gasteiger partial charge in [-0.25, -0.2) is 0 Å². The summed E-state index contributed by atoms with van der Waals surface area (Å²) >= 11 is 1.69. The first-order valence-corrected chi connectivity index (χ1v) is 11.2. The summed E-state index contributed by atoms with van der Waals surface area (Å²) in [6, 6.07) is 19.8. The highest BCUT2D eigenvalue weighted by Crippen LogP contribution is 2.36. The van der Waals surface area contributed by atoms with Gasteiger partial charge in [0.15, 0.2) is 0 Å². The monoisotopic (exact) mass is 434 g/mol. The second-order valence-corrected chi connectivity index (χ2v) is 9.04. The molecule has 2 amide bonds. The van der Waals surface area contributed by atoms with Gasteiger partial charge in [0.05, 0.1) is 18.9 Å². The van der Waals surface area contributed by atoms with Crippen LogP contribution in [0.15, 0.2) is 66.0 Å². The molecule has 0 spiro atoms. The van der Waals surface area contributed by atoms with Gasteiger partial charge in [0.25, 0.3) is 0 Å². The van der Waals surface area contributed by atoms with Crippen molar-refractivity contribution in [3.8, 4) is 16.2 Å². The van der Waals surface area contributed by atoms with E-state index in [-0.39, 0.29) is 11.8 Å². The first-order valence-electron chi connectivity index (χ1n) is 10.3. The number of amides is 2. The standard InChI is InChI=1S/C25H26N2O3S/c1-30-21-9-7-18(8-10-21)15-23(28)27-12-11-25(17-27,24(26)29)16-19-4-2-5-20(14-19)22-6-3-13-31-22/h2-10,13-14H,11-12,15-17H2,1H3,(H2,26,29)/t25-/m1/s1. The van der Waals surface area contributed by atoms with Gasteiger partial charge >= 0.3 is 0 Å². The number of nitrogens with zero attached hydrogens (tertiary/aromatic N) is 1. The number of likely N-dealkylation sites (tertiary alicyclic amines) is 1. The number of thiophene rings is 1. The zero-order valence-corrected chi connectivity index (χ0v) is 18.4. The summed E-state index contributed by atoms with van der Waals surface area (Å²) in [5.74, 6) is 0.435. The summed E-state index contributed by atoms with van der Waals surface area (Å²) in [6.45, 7) is 0.906. The third kappa shape index (κ3) is 4.64. The van der Waals surface area contributed by atoms with Crippen molar-refractivity contribution in [2.45, 2.75) is 19.3 Å². The number of hydrogen-bond donors (Lipinski definition) is 1. The van der Waals surface area contributed by atoms with E-state index in [1.54, 1.807) is 23.3 Å². The Labute approximate surface area is 186 Å². The second-order valence-electron chi connectivity index (χ2n) is 8.09. The van der Waals surface area contributed by atoms with Crippen LogP contribution < -0.4 is 10.5 Å². The Morgan fingerprint density at radius 1 is 1.10 bits per heavy atom. The van der Waals surface area contributed by atoms with Gasteiger partial charge in [-0.1, -0.05) is 42.5 Å². The topological polar surface area (TPSA) is 72.6 Å². The van der Waals surface area contributed by atoms with E-state index >= 15 is 0 Å². The van der Waals surface area contributed by atoms with Crippen molar-refractivity contribution in [3.63, 3.8) is 0 Å². The normalized spacial score (nSPS) is 18.2. The fourth-order valence-electron chi connectivity index (χ4n) is 4.22. The van der Waals surface area contributed by atoms with Crippen LogP contribution in [0.4, 0.5) is 0 Å². The predicted molar refractivity (Wildman–Crippen MR) is 123 cm³/mol. The number of methoxy groups -OCH3 is 1. The lowest BCUT2D eigenvalue weighted by atomic mass is 9.80. The van der Waals surface area contributed by atoms with Crippen LogP contribution in [0.5, 0.6) is 5.75 Å². The van der Waals surface area contributed by atoms with Crippen LogP contribution in [-0.4, -0.2) is 36.9 Å². The molecule has 5 nitrogen and oxygen atoms in total. The number of primary amides is 1. The van der Waals surface area contributed by atoms with E-state index in [4.69, 9.17) is 10.5 Å². The SMILES string of the molecule is COc1ccc(CC(=O)N2CC[C@](Cc3cccc(-c4cccs4)c3)(C(N)=O)C2)cc1. The highest BCUT2D eigenvalue weighted by molar-refractivity contribution is 7.13. The summed E-state index contributed by atoms with van der Waals surface area (Å²) in [6.07, 6.45) is 1.42. The molecule has 1 atom stereocenters. The van der Waals surface area contributed by atoms with Gasteiger partial charge < -0.3 is 15.4 Å². The molecule has 1 aliphatic heterocycles. The molecule has 2 heterocycles. The average Bonchev–Trinajstić information content (AvgIpc) is 3.46. The Balaban J connectivity index is 1.47. The van der Waals surface area contributed by atoms with Gasteiger partial charge in [0.1, 0.15) is 5.75 Å². The smallest absolute Gasteiger partial charge is 0.227 e. The molecule has 1 fully saturated rings. The third-order valence-corrected chi connectivity index (χ3v) is 6.94. The lowest BCUT2D eigenvalue weighted by Gasteiger charge is -2.26. The third-order valence-electron chi connectivity index (χ3n) is 6.02. The largest absolute Gasteiger partial charge is 0.497 e. The number of carbonyl (C=O) groups is 2. The molecule has 2 N–H and O–H groups in total. The summed E-state index contributed by atoms with van der Waals surface area (Å²) in [5, 5.41) is 2.05. The van der Waals surface area contributed by atoms with E-state index in [1.165, 1.54) is 4.88 Å². The summed E-state index contributed by atoms with van der Waals surface area (Å²) in [5.41, 5.74) is 8.26. The number of nitrogens with two attached hydrogens (primary N) is 1. The minimum atomic E-state index is -0.732. The summed E-state index contributed by atoms with van der Waals surface area (Å²) in [7, 11) is 1.62. The molecule has 1 aliphatic rings. The lowest BCUT2D eigenvalue weighted by Crippen LogP contribution is -2.42. The zero-order chi connectivity index (χ0) is 21.8. The maximum absolute atomic E-state index is 12.9. The van der Waals surface area contributed by atoms with Crippen molar-refractivity contribution in [2.24, 2.45) is 11.1 Å². The molecule has 160 valence electrons. The van der Waals surface area contributed by atoms with Crippen molar-refractivity contribution in [1.82, 2.24) is 4.90 Å². The Bertz CT molecular complexity index is 1060. The highest BCUT2D eigenvalue weighted by atomic mass is 32.1. The van der Waals surface area contributed by atoms with Crippen LogP contribution in [-0.2, 0) is 22.4 Å². The molecule has 0 radical (unpaired) electrons. The molecular formula is C25H26N2O3S. The molecule has 2 aromatic carbocycles. The molecule has 0 aliphatic carbocycles. The molecular weight excluding hydrogens is 408 g/mol. The molecule has 1 aromatic heterocycles. The van der Waals surface area contributed by atoms with Gasteiger partial charge in [0, 0.05) is 18.0 Å². The molecule has 0 bridgehead atoms. The summed E-state index contributed by atoms with van der Waals surface area (Å²) in [4.78, 5) is 28.4. The molecule has 3 aromatic rings. The van der Waals surface area contributed by atoms with E-state index < -0.39 is 5.41 Å². The van der Waals surface area contributed by atoms with Crippen molar-refractivity contribution in [1.29, 1.82) is 0 Å². The lowest BCUT2D eigenvalue weighted by molar-refractivity contribution is -0.131. The Hall–Kier alpha value is -3.12. The van der Waals surface area contributed by atoms with E-state index in [0.717, 1.165) is 22.4 Å². The van der Waals surface area contributed by atoms with Crippen LogP contribution in [0.3, 0.4) is 0 Å². The second kappa shape index (κ2) is 8.94. The van der Waals surface area contributed by atoms with Gasteiger partial charge in [-0.3, -0.25) is 9.59 Å². The van der Waals surface area contributed by atoms with Crippen LogP contribution in [0.1, 0.15) is 17.5 Å². The van der Waals surface area contributed by atoms with E-state index in [9.17, 15) is 9.59 Å². The minimum Gasteiger partial charge on any atom is -0.497 e. The number of benzene rings is 2. The maximum atomic E-state index is 12.9. The molecule has 0 unspecified atom stereocenters. The van der Waals surface area contributed by atoms with Crippen molar-refractivity contribution in [3.05, 3.63) is 77.2 Å². The van der Waals surface area contributed by atoms with Crippen LogP contribution >= 0.6 is 11.3 Å². The first kappa shape index (κ1) is 21.1. The van der Waals surface area contributed by atoms with Crippen LogP contribution in [0.2, 0.25) is 0 Å². The van der Waals surface area contributed by atoms with Crippen molar-refractivity contribution < 1.29 is 14.3 Å². The first-order chi connectivity index (χ1) is 15.0. The van der Waals surface area contributed by atoms with E-state index in [2.05, 4.69) is 23.6 Å². The van der Waals surface area contributed by atoms with Gasteiger partial charge in [-0.05, 0) is 53.1 Å². The van der Waals surface area contributed by atoms with E-state index in [1.807, 2.05) is 42.5 Å². The molecule has 4 rings (SSSR count). The van der Waals surface area contributed by atoms with Gasteiger partial charge in [0.2, 0.25) is 11.8 Å². The Morgan fingerprint density at radius 3 is 2.58 bits per heavy atom. The van der Waals surface area contributed by atoms with Crippen molar-refractivity contribution >= 4 is 23.2 Å². The fourth-order valence-corrected chi connectivity index (χ4v) is 4.94. The van der Waals surface area contributed by atoms with Crippen LogP contribution in [0.25, 0.3) is 10.4 Å². The molecule has 6 heteroatoms. The Morgan fingerprint density at radius 2 is 1.90 bits per heavy atom. The number of carbonyl (C=O) groups excluding carboxylic acids is 2. The predicted octanol–water partition coefficient (Wildman–Crippen LogP) is 3.91.